The maximum absolute atomic E-state index is 12.4. The van der Waals surface area contributed by atoms with E-state index in [4.69, 9.17) is 0 Å². The molecule has 0 aliphatic carbocycles. The summed E-state index contributed by atoms with van der Waals surface area (Å²) < 4.78 is 2.76. The number of rotatable bonds is 7. The molecule has 2 N–H and O–H groups in total. The predicted molar refractivity (Wildman–Crippen MR) is 122 cm³/mol. The molecule has 0 radical (unpaired) electrons. The van der Waals surface area contributed by atoms with E-state index in [1.165, 1.54) is 11.8 Å². The van der Waals surface area contributed by atoms with Crippen LogP contribution in [-0.2, 0) is 18.4 Å². The molecule has 0 saturated heterocycles. The number of carbonyl (C=O) groups is 2. The lowest BCUT2D eigenvalue weighted by Gasteiger charge is -2.12. The van der Waals surface area contributed by atoms with Crippen molar-refractivity contribution in [1.82, 2.24) is 20.1 Å². The van der Waals surface area contributed by atoms with E-state index in [-0.39, 0.29) is 24.1 Å². The molecule has 0 unspecified atom stereocenters. The van der Waals surface area contributed by atoms with Gasteiger partial charge in [-0.1, -0.05) is 45.9 Å². The lowest BCUT2D eigenvalue weighted by atomic mass is 10.1. The number of anilines is 1. The molecule has 0 saturated carbocycles. The summed E-state index contributed by atoms with van der Waals surface area (Å²) in [6.07, 6.45) is 0. The highest BCUT2D eigenvalue weighted by atomic mass is 79.9. The van der Waals surface area contributed by atoms with Crippen LogP contribution < -0.4 is 10.6 Å². The fraction of sp³-hybridized carbons (Fsp3) is 0.238. The van der Waals surface area contributed by atoms with Crippen LogP contribution in [0.5, 0.6) is 0 Å². The van der Waals surface area contributed by atoms with Gasteiger partial charge in [-0.15, -0.1) is 10.2 Å². The quantitative estimate of drug-likeness (QED) is 0.494. The SMILES string of the molecule is Cc1cc(Br)cc(C)c1NC(=O)CSc1nnc(CNC(=O)c2ccccc2)n1C. The van der Waals surface area contributed by atoms with Crippen LogP contribution in [0.4, 0.5) is 5.69 Å². The van der Waals surface area contributed by atoms with Crippen molar-refractivity contribution in [3.05, 3.63) is 69.5 Å². The topological polar surface area (TPSA) is 88.9 Å². The van der Waals surface area contributed by atoms with E-state index in [0.29, 0.717) is 16.5 Å². The molecule has 0 atom stereocenters. The van der Waals surface area contributed by atoms with Crippen LogP contribution in [0.1, 0.15) is 27.3 Å². The lowest BCUT2D eigenvalue weighted by Crippen LogP contribution is -2.24. The van der Waals surface area contributed by atoms with E-state index >= 15 is 0 Å². The summed E-state index contributed by atoms with van der Waals surface area (Å²) in [6.45, 7) is 4.17. The molecule has 9 heteroatoms. The van der Waals surface area contributed by atoms with Gasteiger partial charge in [0.2, 0.25) is 5.91 Å². The molecule has 0 aliphatic rings. The van der Waals surface area contributed by atoms with Crippen molar-refractivity contribution in [3.8, 4) is 0 Å². The molecule has 2 aromatic carbocycles. The van der Waals surface area contributed by atoms with Gasteiger partial charge in [0, 0.05) is 22.8 Å². The van der Waals surface area contributed by atoms with Gasteiger partial charge in [0.1, 0.15) is 0 Å². The Balaban J connectivity index is 1.55. The maximum Gasteiger partial charge on any atom is 0.251 e. The largest absolute Gasteiger partial charge is 0.345 e. The molecule has 7 nitrogen and oxygen atoms in total. The summed E-state index contributed by atoms with van der Waals surface area (Å²) >= 11 is 4.75. The van der Waals surface area contributed by atoms with Crippen LogP contribution in [0.25, 0.3) is 0 Å². The summed E-state index contributed by atoms with van der Waals surface area (Å²) in [6, 6.07) is 12.9. The minimum atomic E-state index is -0.174. The van der Waals surface area contributed by atoms with E-state index < -0.39 is 0 Å². The van der Waals surface area contributed by atoms with Crippen molar-refractivity contribution in [2.75, 3.05) is 11.1 Å². The fourth-order valence-electron chi connectivity index (χ4n) is 2.89. The Hall–Kier alpha value is -2.65. The molecule has 2 amide bonds. The van der Waals surface area contributed by atoms with Crippen molar-refractivity contribution in [1.29, 1.82) is 0 Å². The zero-order valence-electron chi connectivity index (χ0n) is 16.9. The first-order valence-corrected chi connectivity index (χ1v) is 11.0. The highest BCUT2D eigenvalue weighted by Crippen LogP contribution is 2.25. The first-order chi connectivity index (χ1) is 14.3. The molecular weight excluding hydrogens is 466 g/mol. The van der Waals surface area contributed by atoms with Gasteiger partial charge in [-0.3, -0.25) is 9.59 Å². The van der Waals surface area contributed by atoms with Gasteiger partial charge >= 0.3 is 0 Å². The van der Waals surface area contributed by atoms with Gasteiger partial charge in [-0.2, -0.15) is 0 Å². The van der Waals surface area contributed by atoms with Gasteiger partial charge in [-0.05, 0) is 49.2 Å². The standard InChI is InChI=1S/C21H22BrN5O2S/c1-13-9-16(22)10-14(2)19(13)24-18(28)12-30-21-26-25-17(27(21)3)11-23-20(29)15-7-5-4-6-8-15/h4-10H,11-12H2,1-3H3,(H,23,29)(H,24,28). The van der Waals surface area contributed by atoms with Crippen molar-refractivity contribution in [3.63, 3.8) is 0 Å². The van der Waals surface area contributed by atoms with Gasteiger partial charge in [-0.25, -0.2) is 0 Å². The molecule has 3 rings (SSSR count). The Morgan fingerprint density at radius 1 is 1.10 bits per heavy atom. The number of aryl methyl sites for hydroxylation is 2. The second kappa shape index (κ2) is 9.90. The molecule has 0 fully saturated rings. The zero-order valence-corrected chi connectivity index (χ0v) is 19.3. The number of thioether (sulfide) groups is 1. The smallest absolute Gasteiger partial charge is 0.251 e. The summed E-state index contributed by atoms with van der Waals surface area (Å²) in [5.74, 6) is 0.529. The Kier molecular flexibility index (Phi) is 7.28. The number of carbonyl (C=O) groups excluding carboxylic acids is 2. The third-order valence-corrected chi connectivity index (χ3v) is 5.94. The second-order valence-electron chi connectivity index (χ2n) is 6.76. The van der Waals surface area contributed by atoms with E-state index in [9.17, 15) is 9.59 Å². The number of halogens is 1. The Labute approximate surface area is 187 Å². The monoisotopic (exact) mass is 487 g/mol. The Bertz CT molecular complexity index is 1050. The van der Waals surface area contributed by atoms with E-state index in [1.54, 1.807) is 16.7 Å². The fourth-order valence-corrected chi connectivity index (χ4v) is 4.31. The van der Waals surface area contributed by atoms with Gasteiger partial charge in [0.25, 0.3) is 5.91 Å². The van der Waals surface area contributed by atoms with E-state index in [2.05, 4.69) is 36.8 Å². The molecule has 30 heavy (non-hydrogen) atoms. The second-order valence-corrected chi connectivity index (χ2v) is 8.62. The highest BCUT2D eigenvalue weighted by Gasteiger charge is 2.14. The number of nitrogens with one attached hydrogen (secondary N) is 2. The minimum Gasteiger partial charge on any atom is -0.345 e. The van der Waals surface area contributed by atoms with Gasteiger partial charge < -0.3 is 15.2 Å². The van der Waals surface area contributed by atoms with Crippen molar-refractivity contribution < 1.29 is 9.59 Å². The first-order valence-electron chi connectivity index (χ1n) is 9.26. The molecule has 0 aliphatic heterocycles. The highest BCUT2D eigenvalue weighted by molar-refractivity contribution is 9.10. The van der Waals surface area contributed by atoms with Crippen LogP contribution >= 0.6 is 27.7 Å². The molecule has 0 bridgehead atoms. The summed E-state index contributed by atoms with van der Waals surface area (Å²) in [5.41, 5.74) is 3.40. The number of nitrogens with zero attached hydrogens (tertiary/aromatic N) is 3. The van der Waals surface area contributed by atoms with Gasteiger partial charge in [0.15, 0.2) is 11.0 Å². The minimum absolute atomic E-state index is 0.115. The third kappa shape index (κ3) is 5.48. The maximum atomic E-state index is 12.4. The summed E-state index contributed by atoms with van der Waals surface area (Å²) in [4.78, 5) is 24.6. The normalized spacial score (nSPS) is 10.7. The molecule has 3 aromatic rings. The van der Waals surface area contributed by atoms with Crippen LogP contribution in [-0.4, -0.2) is 32.3 Å². The van der Waals surface area contributed by atoms with E-state index in [1.807, 2.05) is 51.2 Å². The average Bonchev–Trinajstić information content (AvgIpc) is 3.07. The molecule has 156 valence electrons. The van der Waals surface area contributed by atoms with Crippen LogP contribution in [0.15, 0.2) is 52.1 Å². The summed E-state index contributed by atoms with van der Waals surface area (Å²) in [5, 5.41) is 14.7. The molecule has 1 heterocycles. The van der Waals surface area contributed by atoms with Crippen molar-refractivity contribution in [2.45, 2.75) is 25.5 Å². The number of amides is 2. The predicted octanol–water partition coefficient (Wildman–Crippen LogP) is 3.86. The molecular formula is C21H22BrN5O2S. The lowest BCUT2D eigenvalue weighted by molar-refractivity contribution is -0.113. The number of hydrogen-bond donors (Lipinski definition) is 2. The van der Waals surface area contributed by atoms with Crippen molar-refractivity contribution in [2.24, 2.45) is 7.05 Å². The zero-order chi connectivity index (χ0) is 21.7. The number of benzene rings is 2. The van der Waals surface area contributed by atoms with Crippen LogP contribution in [0.2, 0.25) is 0 Å². The molecule has 0 spiro atoms. The van der Waals surface area contributed by atoms with E-state index in [0.717, 1.165) is 21.3 Å². The average molecular weight is 488 g/mol. The van der Waals surface area contributed by atoms with Crippen LogP contribution in [0, 0.1) is 13.8 Å². The first kappa shape index (κ1) is 22.0. The molecule has 1 aromatic heterocycles. The Morgan fingerprint density at radius 2 is 1.77 bits per heavy atom. The van der Waals surface area contributed by atoms with Gasteiger partial charge in [0.05, 0.1) is 12.3 Å². The van der Waals surface area contributed by atoms with Crippen molar-refractivity contribution >= 4 is 45.2 Å². The number of aromatic nitrogens is 3. The third-order valence-electron chi connectivity index (χ3n) is 4.46. The number of hydrogen-bond acceptors (Lipinski definition) is 5. The summed E-state index contributed by atoms with van der Waals surface area (Å²) in [7, 11) is 1.81. The Morgan fingerprint density at radius 3 is 2.43 bits per heavy atom. The van der Waals surface area contributed by atoms with Crippen LogP contribution in [0.3, 0.4) is 0 Å².